The van der Waals surface area contributed by atoms with Crippen LogP contribution in [0.15, 0.2) is 84.9 Å². The number of nitrogens with two attached hydrogens (primary N) is 1. The van der Waals surface area contributed by atoms with Gasteiger partial charge in [0, 0.05) is 16.7 Å². The number of quaternary nitrogens is 1. The molecule has 3 rings (SSSR count). The fourth-order valence-corrected chi connectivity index (χ4v) is 2.96. The van der Waals surface area contributed by atoms with Crippen LogP contribution in [-0.4, -0.2) is 18.4 Å². The van der Waals surface area contributed by atoms with E-state index in [1.54, 1.807) is 24.3 Å². The van der Waals surface area contributed by atoms with Gasteiger partial charge >= 0.3 is 0 Å². The van der Waals surface area contributed by atoms with Crippen LogP contribution in [-0.2, 0) is 4.79 Å². The molecule has 0 aliphatic heterocycles. The Morgan fingerprint density at radius 3 is 2.00 bits per heavy atom. The molecule has 2 amide bonds. The molecule has 0 aromatic heterocycles. The zero-order chi connectivity index (χ0) is 19.8. The highest BCUT2D eigenvalue weighted by molar-refractivity contribution is 5.95. The third-order valence-corrected chi connectivity index (χ3v) is 4.49. The molecule has 0 saturated carbocycles. The fraction of sp³-hybridized carbons (Fsp3) is 0.130. The smallest absolute Gasteiger partial charge is 0.293 e. The number of nitrogens with one attached hydrogen (secondary N) is 2. The number of aryl methyl sites for hydroxylation is 1. The first kappa shape index (κ1) is 19.3. The molecule has 0 radical (unpaired) electrons. The van der Waals surface area contributed by atoms with Gasteiger partial charge in [-0.1, -0.05) is 78.4 Å². The SMILES string of the molecule is Cc1ccc([C@@H]([NH2+]CC(=O)NNC(=O)c2ccccc2)c2ccccc2)cc1. The maximum Gasteiger partial charge on any atom is 0.293 e. The van der Waals surface area contributed by atoms with E-state index in [2.05, 4.69) is 47.2 Å². The zero-order valence-electron chi connectivity index (χ0n) is 15.8. The number of benzene rings is 3. The van der Waals surface area contributed by atoms with E-state index in [1.807, 2.05) is 36.5 Å². The van der Waals surface area contributed by atoms with E-state index >= 15 is 0 Å². The summed E-state index contributed by atoms with van der Waals surface area (Å²) in [7, 11) is 0. The van der Waals surface area contributed by atoms with Crippen molar-refractivity contribution in [3.05, 3.63) is 107 Å². The van der Waals surface area contributed by atoms with Crippen molar-refractivity contribution >= 4 is 11.8 Å². The molecule has 0 fully saturated rings. The molecule has 4 N–H and O–H groups in total. The first-order valence-corrected chi connectivity index (χ1v) is 9.22. The van der Waals surface area contributed by atoms with Crippen LogP contribution >= 0.6 is 0 Å². The molecule has 3 aromatic rings. The van der Waals surface area contributed by atoms with E-state index in [9.17, 15) is 9.59 Å². The van der Waals surface area contributed by atoms with Crippen molar-refractivity contribution in [3.63, 3.8) is 0 Å². The molecule has 0 aliphatic carbocycles. The maximum absolute atomic E-state index is 12.2. The molecule has 0 spiro atoms. The molecule has 5 nitrogen and oxygen atoms in total. The maximum atomic E-state index is 12.2. The van der Waals surface area contributed by atoms with Crippen LogP contribution in [0.3, 0.4) is 0 Å². The molecule has 0 heterocycles. The van der Waals surface area contributed by atoms with Crippen molar-refractivity contribution in [2.45, 2.75) is 13.0 Å². The number of hydrazine groups is 1. The lowest BCUT2D eigenvalue weighted by atomic mass is 9.98. The van der Waals surface area contributed by atoms with Crippen LogP contribution in [0.25, 0.3) is 0 Å². The summed E-state index contributed by atoms with van der Waals surface area (Å²) in [6.07, 6.45) is 0. The van der Waals surface area contributed by atoms with Crippen LogP contribution < -0.4 is 16.2 Å². The highest BCUT2D eigenvalue weighted by Crippen LogP contribution is 2.18. The van der Waals surface area contributed by atoms with Gasteiger partial charge in [-0.2, -0.15) is 0 Å². The van der Waals surface area contributed by atoms with Crippen LogP contribution in [0.4, 0.5) is 0 Å². The number of hydrogen-bond donors (Lipinski definition) is 3. The summed E-state index contributed by atoms with van der Waals surface area (Å²) in [5.41, 5.74) is 8.86. The van der Waals surface area contributed by atoms with Crippen LogP contribution in [0.1, 0.15) is 33.1 Å². The monoisotopic (exact) mass is 374 g/mol. The van der Waals surface area contributed by atoms with E-state index in [-0.39, 0.29) is 24.4 Å². The number of rotatable bonds is 6. The first-order valence-electron chi connectivity index (χ1n) is 9.22. The summed E-state index contributed by atoms with van der Waals surface area (Å²) >= 11 is 0. The quantitative estimate of drug-likeness (QED) is 0.578. The minimum absolute atomic E-state index is 0.00243. The summed E-state index contributed by atoms with van der Waals surface area (Å²) in [4.78, 5) is 24.3. The van der Waals surface area contributed by atoms with Crippen LogP contribution in [0.2, 0.25) is 0 Å². The van der Waals surface area contributed by atoms with E-state index in [0.717, 1.165) is 11.1 Å². The van der Waals surface area contributed by atoms with Gasteiger partial charge < -0.3 is 5.32 Å². The number of carbonyl (C=O) groups is 2. The predicted octanol–water partition coefficient (Wildman–Crippen LogP) is 2.11. The second-order valence-electron chi connectivity index (χ2n) is 6.61. The Bertz CT molecular complexity index is 910. The Kier molecular flexibility index (Phi) is 6.54. The number of carbonyl (C=O) groups excluding carboxylic acids is 2. The van der Waals surface area contributed by atoms with Crippen molar-refractivity contribution in [1.29, 1.82) is 0 Å². The third kappa shape index (κ3) is 5.28. The Hall–Kier alpha value is -3.44. The van der Waals surface area contributed by atoms with Gasteiger partial charge in [-0.05, 0) is 19.1 Å². The van der Waals surface area contributed by atoms with Gasteiger partial charge in [-0.15, -0.1) is 0 Å². The Labute approximate surface area is 164 Å². The fourth-order valence-electron chi connectivity index (χ4n) is 2.96. The normalized spacial score (nSPS) is 11.5. The summed E-state index contributed by atoms with van der Waals surface area (Å²) in [6.45, 7) is 2.23. The zero-order valence-corrected chi connectivity index (χ0v) is 15.8. The summed E-state index contributed by atoms with van der Waals surface area (Å²) in [6, 6.07) is 27.1. The molecule has 0 saturated heterocycles. The van der Waals surface area contributed by atoms with Gasteiger partial charge in [0.25, 0.3) is 11.8 Å². The Balaban J connectivity index is 1.61. The van der Waals surface area contributed by atoms with Crippen LogP contribution in [0.5, 0.6) is 0 Å². The molecule has 0 aliphatic rings. The van der Waals surface area contributed by atoms with Gasteiger partial charge in [-0.3, -0.25) is 20.4 Å². The molecular weight excluding hydrogens is 350 g/mol. The lowest BCUT2D eigenvalue weighted by Crippen LogP contribution is -2.88. The van der Waals surface area contributed by atoms with E-state index < -0.39 is 0 Å². The van der Waals surface area contributed by atoms with Crippen molar-refractivity contribution in [2.24, 2.45) is 0 Å². The average Bonchev–Trinajstić information content (AvgIpc) is 2.75. The standard InChI is InChI=1S/C23H23N3O2/c1-17-12-14-19(15-13-17)22(18-8-4-2-5-9-18)24-16-21(27)25-26-23(28)20-10-6-3-7-11-20/h2-15,22,24H,16H2,1H3,(H,25,27)(H,26,28)/p+1/t22-/m0/s1. The minimum Gasteiger partial charge on any atom is -0.328 e. The lowest BCUT2D eigenvalue weighted by Gasteiger charge is -2.17. The second-order valence-corrected chi connectivity index (χ2v) is 6.61. The van der Waals surface area contributed by atoms with Gasteiger partial charge in [-0.25, -0.2) is 0 Å². The van der Waals surface area contributed by atoms with Crippen molar-refractivity contribution in [3.8, 4) is 0 Å². The summed E-state index contributed by atoms with van der Waals surface area (Å²) < 4.78 is 0. The average molecular weight is 374 g/mol. The Morgan fingerprint density at radius 2 is 1.36 bits per heavy atom. The molecule has 28 heavy (non-hydrogen) atoms. The minimum atomic E-state index is -0.341. The van der Waals surface area contributed by atoms with Gasteiger partial charge in [0.15, 0.2) is 6.54 Å². The lowest BCUT2D eigenvalue weighted by molar-refractivity contribution is -0.676. The topological polar surface area (TPSA) is 74.8 Å². The van der Waals surface area contributed by atoms with Gasteiger partial charge in [0.2, 0.25) is 0 Å². The number of hydrogen-bond acceptors (Lipinski definition) is 2. The van der Waals surface area contributed by atoms with Crippen molar-refractivity contribution < 1.29 is 14.9 Å². The largest absolute Gasteiger partial charge is 0.328 e. The molecular formula is C23H24N3O2+. The summed E-state index contributed by atoms with van der Waals surface area (Å²) in [5.74, 6) is -0.607. The molecule has 0 bridgehead atoms. The van der Waals surface area contributed by atoms with E-state index in [0.29, 0.717) is 5.56 Å². The molecule has 142 valence electrons. The molecule has 1 atom stereocenters. The number of amides is 2. The third-order valence-electron chi connectivity index (χ3n) is 4.49. The molecule has 3 aromatic carbocycles. The molecule has 0 unspecified atom stereocenters. The predicted molar refractivity (Wildman–Crippen MR) is 108 cm³/mol. The van der Waals surface area contributed by atoms with Gasteiger partial charge in [0.05, 0.1) is 0 Å². The second kappa shape index (κ2) is 9.48. The van der Waals surface area contributed by atoms with Crippen LogP contribution in [0, 0.1) is 6.92 Å². The molecule has 5 heteroatoms. The first-order chi connectivity index (χ1) is 13.6. The summed E-state index contributed by atoms with van der Waals surface area (Å²) in [5, 5.41) is 1.96. The van der Waals surface area contributed by atoms with Gasteiger partial charge in [0.1, 0.15) is 6.04 Å². The Morgan fingerprint density at radius 1 is 0.786 bits per heavy atom. The van der Waals surface area contributed by atoms with Crippen molar-refractivity contribution in [1.82, 2.24) is 10.9 Å². The van der Waals surface area contributed by atoms with E-state index in [4.69, 9.17) is 0 Å². The van der Waals surface area contributed by atoms with E-state index in [1.165, 1.54) is 5.56 Å². The highest BCUT2D eigenvalue weighted by atomic mass is 16.2. The van der Waals surface area contributed by atoms with Crippen molar-refractivity contribution in [2.75, 3.05) is 6.54 Å². The highest BCUT2D eigenvalue weighted by Gasteiger charge is 2.19.